The quantitative estimate of drug-likeness (QED) is 0.377. The Hall–Kier alpha value is -3.43. The van der Waals surface area contributed by atoms with Gasteiger partial charge in [-0.3, -0.25) is 13.9 Å². The van der Waals surface area contributed by atoms with Crippen molar-refractivity contribution in [2.75, 3.05) is 17.1 Å². The number of rotatable bonds is 10. The molecule has 0 aromatic heterocycles. The lowest BCUT2D eigenvalue weighted by Gasteiger charge is -2.35. The van der Waals surface area contributed by atoms with Crippen molar-refractivity contribution < 1.29 is 22.4 Å². The van der Waals surface area contributed by atoms with Crippen molar-refractivity contribution in [1.82, 2.24) is 10.2 Å². The van der Waals surface area contributed by atoms with Gasteiger partial charge in [0.05, 0.1) is 11.9 Å². The first kappa shape index (κ1) is 30.1. The number of nitrogens with one attached hydrogen (secondary N) is 1. The minimum absolute atomic E-state index is 0.0245. The van der Waals surface area contributed by atoms with E-state index in [2.05, 4.69) is 5.32 Å². The molecule has 0 spiro atoms. The van der Waals surface area contributed by atoms with Crippen LogP contribution in [0.5, 0.6) is 0 Å². The standard InChI is InChI=1S/C29H33ClFN3O4S/c1-29(2,3)32-28(36)26(18-21-11-6-5-7-12-21)33(19-22-13-10-14-23(30)17-22)27(35)20-34(39(4,37)38)25-16-9-8-15-24(25)31/h5-17,26H,18-20H2,1-4H3,(H,32,36)/t26-/m1/s1. The van der Waals surface area contributed by atoms with E-state index in [1.165, 1.54) is 23.1 Å². The van der Waals surface area contributed by atoms with Gasteiger partial charge in [0, 0.05) is 23.5 Å². The monoisotopic (exact) mass is 573 g/mol. The first-order valence-electron chi connectivity index (χ1n) is 12.4. The highest BCUT2D eigenvalue weighted by atomic mass is 35.5. The van der Waals surface area contributed by atoms with Crippen LogP contribution in [0.2, 0.25) is 5.02 Å². The molecular formula is C29H33ClFN3O4S. The van der Waals surface area contributed by atoms with Crippen LogP contribution in [-0.2, 0) is 32.6 Å². The van der Waals surface area contributed by atoms with Crippen LogP contribution in [0.15, 0.2) is 78.9 Å². The Morgan fingerprint density at radius 2 is 1.56 bits per heavy atom. The Balaban J connectivity index is 2.09. The van der Waals surface area contributed by atoms with E-state index in [-0.39, 0.29) is 18.7 Å². The summed E-state index contributed by atoms with van der Waals surface area (Å²) in [5.41, 5.74) is 0.608. The van der Waals surface area contributed by atoms with Crippen LogP contribution in [0, 0.1) is 5.82 Å². The molecule has 0 radical (unpaired) electrons. The number of amides is 2. The number of benzene rings is 3. The van der Waals surface area contributed by atoms with Gasteiger partial charge < -0.3 is 10.2 Å². The predicted octanol–water partition coefficient (Wildman–Crippen LogP) is 4.80. The predicted molar refractivity (Wildman–Crippen MR) is 152 cm³/mol. The maximum Gasteiger partial charge on any atom is 0.244 e. The fourth-order valence-electron chi connectivity index (χ4n) is 4.09. The third-order valence-corrected chi connectivity index (χ3v) is 7.17. The van der Waals surface area contributed by atoms with E-state index in [0.717, 1.165) is 22.2 Å². The van der Waals surface area contributed by atoms with E-state index in [4.69, 9.17) is 11.6 Å². The zero-order valence-corrected chi connectivity index (χ0v) is 24.0. The van der Waals surface area contributed by atoms with E-state index in [1.807, 2.05) is 51.1 Å². The second-order valence-electron chi connectivity index (χ2n) is 10.3. The van der Waals surface area contributed by atoms with Gasteiger partial charge in [0.25, 0.3) is 0 Å². The topological polar surface area (TPSA) is 86.8 Å². The number of hydrogen-bond acceptors (Lipinski definition) is 4. The summed E-state index contributed by atoms with van der Waals surface area (Å²) in [7, 11) is -4.06. The van der Waals surface area contributed by atoms with Crippen molar-refractivity contribution in [3.05, 3.63) is 101 Å². The molecule has 39 heavy (non-hydrogen) atoms. The third kappa shape index (κ3) is 8.80. The summed E-state index contributed by atoms with van der Waals surface area (Å²) in [5.74, 6) is -1.87. The number of carbonyl (C=O) groups is 2. The lowest BCUT2D eigenvalue weighted by Crippen LogP contribution is -2.56. The average molecular weight is 574 g/mol. The van der Waals surface area contributed by atoms with E-state index in [0.29, 0.717) is 10.6 Å². The van der Waals surface area contributed by atoms with Crippen LogP contribution in [0.1, 0.15) is 31.9 Å². The summed E-state index contributed by atoms with van der Waals surface area (Å²) in [5, 5.41) is 3.39. The molecule has 10 heteroatoms. The molecular weight excluding hydrogens is 541 g/mol. The van der Waals surface area contributed by atoms with Gasteiger partial charge in [0.15, 0.2) is 0 Å². The van der Waals surface area contributed by atoms with Gasteiger partial charge in [0.1, 0.15) is 18.4 Å². The van der Waals surface area contributed by atoms with Crippen molar-refractivity contribution in [2.45, 2.75) is 45.3 Å². The normalized spacial score (nSPS) is 12.5. The smallest absolute Gasteiger partial charge is 0.244 e. The van der Waals surface area contributed by atoms with Crippen molar-refractivity contribution in [1.29, 1.82) is 0 Å². The molecule has 0 fully saturated rings. The number of nitrogens with zero attached hydrogens (tertiary/aromatic N) is 2. The molecule has 0 heterocycles. The van der Waals surface area contributed by atoms with Crippen LogP contribution in [0.3, 0.4) is 0 Å². The van der Waals surface area contributed by atoms with Crippen LogP contribution in [0.4, 0.5) is 10.1 Å². The highest BCUT2D eigenvalue weighted by Gasteiger charge is 2.34. The molecule has 0 saturated carbocycles. The number of para-hydroxylation sites is 1. The zero-order chi connectivity index (χ0) is 28.8. The van der Waals surface area contributed by atoms with E-state index >= 15 is 0 Å². The Morgan fingerprint density at radius 1 is 0.949 bits per heavy atom. The van der Waals surface area contributed by atoms with E-state index in [9.17, 15) is 22.4 Å². The maximum atomic E-state index is 14.7. The molecule has 1 N–H and O–H groups in total. The molecule has 208 valence electrons. The zero-order valence-electron chi connectivity index (χ0n) is 22.4. The first-order valence-corrected chi connectivity index (χ1v) is 14.6. The molecule has 0 aliphatic heterocycles. The number of carbonyl (C=O) groups excluding carboxylic acids is 2. The highest BCUT2D eigenvalue weighted by Crippen LogP contribution is 2.23. The van der Waals surface area contributed by atoms with Gasteiger partial charge in [-0.25, -0.2) is 12.8 Å². The molecule has 0 saturated heterocycles. The minimum atomic E-state index is -4.06. The van der Waals surface area contributed by atoms with Crippen molar-refractivity contribution in [2.24, 2.45) is 0 Å². The first-order chi connectivity index (χ1) is 18.2. The van der Waals surface area contributed by atoms with Crippen molar-refractivity contribution in [3.63, 3.8) is 0 Å². The summed E-state index contributed by atoms with van der Waals surface area (Å²) >= 11 is 6.20. The largest absolute Gasteiger partial charge is 0.350 e. The molecule has 2 amide bonds. The van der Waals surface area contributed by atoms with Gasteiger partial charge in [-0.1, -0.05) is 66.2 Å². The fraction of sp³-hybridized carbons (Fsp3) is 0.310. The minimum Gasteiger partial charge on any atom is -0.350 e. The molecule has 0 unspecified atom stereocenters. The fourth-order valence-corrected chi connectivity index (χ4v) is 5.15. The Kier molecular flexibility index (Phi) is 9.74. The summed E-state index contributed by atoms with van der Waals surface area (Å²) in [6.07, 6.45) is 1.08. The van der Waals surface area contributed by atoms with E-state index < -0.39 is 45.8 Å². The summed E-state index contributed by atoms with van der Waals surface area (Å²) in [4.78, 5) is 28.9. The second kappa shape index (κ2) is 12.6. The highest BCUT2D eigenvalue weighted by molar-refractivity contribution is 7.92. The second-order valence-corrected chi connectivity index (χ2v) is 12.7. The van der Waals surface area contributed by atoms with E-state index in [1.54, 1.807) is 24.3 Å². The van der Waals surface area contributed by atoms with Crippen LogP contribution in [0.25, 0.3) is 0 Å². The third-order valence-electron chi connectivity index (χ3n) is 5.81. The maximum absolute atomic E-state index is 14.7. The molecule has 1 atom stereocenters. The number of sulfonamides is 1. The SMILES string of the molecule is CC(C)(C)NC(=O)[C@@H](Cc1ccccc1)N(Cc1cccc(Cl)c1)C(=O)CN(c1ccccc1F)S(C)(=O)=O. The Morgan fingerprint density at radius 3 is 2.15 bits per heavy atom. The molecule has 7 nitrogen and oxygen atoms in total. The molecule has 3 aromatic carbocycles. The number of anilines is 1. The lowest BCUT2D eigenvalue weighted by atomic mass is 10.0. The molecule has 0 aliphatic rings. The molecule has 0 aliphatic carbocycles. The van der Waals surface area contributed by atoms with Crippen LogP contribution < -0.4 is 9.62 Å². The molecule has 3 aromatic rings. The average Bonchev–Trinajstić information content (AvgIpc) is 2.84. The number of halogens is 2. The van der Waals surface area contributed by atoms with Gasteiger partial charge in [0.2, 0.25) is 21.8 Å². The lowest BCUT2D eigenvalue weighted by molar-refractivity contribution is -0.140. The van der Waals surface area contributed by atoms with Gasteiger partial charge in [-0.05, 0) is 56.2 Å². The van der Waals surface area contributed by atoms with Gasteiger partial charge in [-0.15, -0.1) is 0 Å². The van der Waals surface area contributed by atoms with Crippen molar-refractivity contribution in [3.8, 4) is 0 Å². The summed E-state index contributed by atoms with van der Waals surface area (Å²) in [6, 6.07) is 20.4. The van der Waals surface area contributed by atoms with Gasteiger partial charge in [-0.2, -0.15) is 0 Å². The van der Waals surface area contributed by atoms with Crippen LogP contribution >= 0.6 is 11.6 Å². The van der Waals surface area contributed by atoms with Gasteiger partial charge >= 0.3 is 0 Å². The summed E-state index contributed by atoms with van der Waals surface area (Å²) in [6.45, 7) is 4.77. The Labute approximate surface area is 234 Å². The van der Waals surface area contributed by atoms with Crippen LogP contribution in [-0.4, -0.2) is 49.5 Å². The van der Waals surface area contributed by atoms with Crippen molar-refractivity contribution >= 4 is 39.1 Å². The number of hydrogen-bond donors (Lipinski definition) is 1. The molecule has 0 bridgehead atoms. The molecule has 3 rings (SSSR count). The summed E-state index contributed by atoms with van der Waals surface area (Å²) < 4.78 is 40.8. The Bertz CT molecular complexity index is 1410.